The third kappa shape index (κ3) is 4.12. The molecule has 0 unspecified atom stereocenters. The SMILES string of the molecule is CC(C)(CCNC(=O)c1cc(C2CC2)n(C(C)(C)C)n1)C(=O)O. The van der Waals surface area contributed by atoms with Gasteiger partial charge in [0, 0.05) is 18.2 Å². The number of aliphatic carboxylic acids is 1. The van der Waals surface area contributed by atoms with E-state index in [2.05, 4.69) is 31.2 Å². The lowest BCUT2D eigenvalue weighted by atomic mass is 9.90. The van der Waals surface area contributed by atoms with Crippen LogP contribution in [-0.2, 0) is 10.3 Å². The van der Waals surface area contributed by atoms with Crippen molar-refractivity contribution in [1.82, 2.24) is 15.1 Å². The van der Waals surface area contributed by atoms with Crippen molar-refractivity contribution in [3.05, 3.63) is 17.5 Å². The summed E-state index contributed by atoms with van der Waals surface area (Å²) < 4.78 is 1.95. The molecule has 0 saturated heterocycles. The molecule has 1 aromatic rings. The Bertz CT molecular complexity index is 607. The maximum Gasteiger partial charge on any atom is 0.309 e. The lowest BCUT2D eigenvalue weighted by Gasteiger charge is -2.22. The largest absolute Gasteiger partial charge is 0.481 e. The summed E-state index contributed by atoms with van der Waals surface area (Å²) in [7, 11) is 0. The van der Waals surface area contributed by atoms with Crippen molar-refractivity contribution in [1.29, 1.82) is 0 Å². The summed E-state index contributed by atoms with van der Waals surface area (Å²) in [6.07, 6.45) is 2.68. The monoisotopic (exact) mass is 321 g/mol. The van der Waals surface area contributed by atoms with E-state index < -0.39 is 11.4 Å². The van der Waals surface area contributed by atoms with Crippen LogP contribution in [0.25, 0.3) is 0 Å². The van der Waals surface area contributed by atoms with Crippen molar-refractivity contribution in [3.63, 3.8) is 0 Å². The first-order chi connectivity index (χ1) is 10.5. The highest BCUT2D eigenvalue weighted by Gasteiger charge is 2.32. The number of nitrogens with one attached hydrogen (secondary N) is 1. The van der Waals surface area contributed by atoms with E-state index in [1.807, 2.05) is 10.7 Å². The molecule has 128 valence electrons. The zero-order chi connectivity index (χ0) is 17.4. The summed E-state index contributed by atoms with van der Waals surface area (Å²) in [5, 5.41) is 16.4. The number of carboxylic acids is 1. The number of nitrogens with zero attached hydrogens (tertiary/aromatic N) is 2. The Morgan fingerprint density at radius 3 is 2.39 bits per heavy atom. The molecule has 0 atom stereocenters. The highest BCUT2D eigenvalue weighted by Crippen LogP contribution is 2.41. The second-order valence-electron chi connectivity index (χ2n) is 8.01. The summed E-state index contributed by atoms with van der Waals surface area (Å²) in [4.78, 5) is 23.4. The van der Waals surface area contributed by atoms with Gasteiger partial charge >= 0.3 is 5.97 Å². The fourth-order valence-electron chi connectivity index (χ4n) is 2.40. The zero-order valence-electron chi connectivity index (χ0n) is 14.6. The van der Waals surface area contributed by atoms with E-state index >= 15 is 0 Å². The van der Waals surface area contributed by atoms with Gasteiger partial charge in [-0.2, -0.15) is 5.10 Å². The smallest absolute Gasteiger partial charge is 0.309 e. The van der Waals surface area contributed by atoms with Crippen LogP contribution in [0.1, 0.15) is 76.0 Å². The predicted molar refractivity (Wildman–Crippen MR) is 87.6 cm³/mol. The number of aromatic nitrogens is 2. The predicted octanol–water partition coefficient (Wildman–Crippen LogP) is 2.75. The topological polar surface area (TPSA) is 84.2 Å². The van der Waals surface area contributed by atoms with Crippen LogP contribution in [0.3, 0.4) is 0 Å². The Kier molecular flexibility index (Phi) is 4.55. The molecular formula is C17H27N3O3. The Morgan fingerprint density at radius 2 is 1.91 bits per heavy atom. The molecule has 0 radical (unpaired) electrons. The molecule has 6 nitrogen and oxygen atoms in total. The molecule has 2 rings (SSSR count). The zero-order valence-corrected chi connectivity index (χ0v) is 14.6. The number of carbonyl (C=O) groups excluding carboxylic acids is 1. The third-order valence-corrected chi connectivity index (χ3v) is 4.22. The van der Waals surface area contributed by atoms with Crippen LogP contribution in [0, 0.1) is 5.41 Å². The maximum absolute atomic E-state index is 12.3. The van der Waals surface area contributed by atoms with Gasteiger partial charge < -0.3 is 10.4 Å². The Hall–Kier alpha value is -1.85. The van der Waals surface area contributed by atoms with Crippen molar-refractivity contribution in [2.45, 2.75) is 65.3 Å². The van der Waals surface area contributed by atoms with Crippen LogP contribution < -0.4 is 5.32 Å². The van der Waals surface area contributed by atoms with Crippen LogP contribution in [-0.4, -0.2) is 33.3 Å². The van der Waals surface area contributed by atoms with Gasteiger partial charge in [-0.1, -0.05) is 0 Å². The van der Waals surface area contributed by atoms with E-state index in [4.69, 9.17) is 5.11 Å². The number of rotatable bonds is 6. The van der Waals surface area contributed by atoms with Crippen LogP contribution in [0.5, 0.6) is 0 Å². The van der Waals surface area contributed by atoms with Gasteiger partial charge in [-0.3, -0.25) is 14.3 Å². The molecule has 0 aromatic carbocycles. The van der Waals surface area contributed by atoms with Gasteiger partial charge in [0.25, 0.3) is 5.91 Å². The normalized spacial score (nSPS) is 15.5. The van der Waals surface area contributed by atoms with Crippen molar-refractivity contribution in [3.8, 4) is 0 Å². The molecule has 1 fully saturated rings. The fourth-order valence-corrected chi connectivity index (χ4v) is 2.40. The summed E-state index contributed by atoms with van der Waals surface area (Å²) in [6, 6.07) is 1.88. The van der Waals surface area contributed by atoms with Crippen molar-refractivity contribution in [2.24, 2.45) is 5.41 Å². The quantitative estimate of drug-likeness (QED) is 0.844. The molecule has 0 spiro atoms. The van der Waals surface area contributed by atoms with E-state index in [0.29, 0.717) is 24.6 Å². The second-order valence-corrected chi connectivity index (χ2v) is 8.01. The Labute approximate surface area is 137 Å². The average molecular weight is 321 g/mol. The van der Waals surface area contributed by atoms with E-state index in [-0.39, 0.29) is 11.4 Å². The van der Waals surface area contributed by atoms with Crippen molar-refractivity contribution < 1.29 is 14.7 Å². The van der Waals surface area contributed by atoms with E-state index in [1.54, 1.807) is 13.8 Å². The Morgan fingerprint density at radius 1 is 1.30 bits per heavy atom. The van der Waals surface area contributed by atoms with Crippen molar-refractivity contribution in [2.75, 3.05) is 6.54 Å². The molecule has 23 heavy (non-hydrogen) atoms. The minimum absolute atomic E-state index is 0.165. The average Bonchev–Trinajstić information content (AvgIpc) is 3.15. The molecule has 2 N–H and O–H groups in total. The summed E-state index contributed by atoms with van der Waals surface area (Å²) in [6.45, 7) is 9.84. The maximum atomic E-state index is 12.3. The van der Waals surface area contributed by atoms with E-state index in [9.17, 15) is 9.59 Å². The first-order valence-electron chi connectivity index (χ1n) is 8.14. The molecule has 1 saturated carbocycles. The number of carboxylic acid groups (broad SMARTS) is 1. The summed E-state index contributed by atoms with van der Waals surface area (Å²) in [5.74, 6) is -0.593. The minimum Gasteiger partial charge on any atom is -0.481 e. The van der Waals surface area contributed by atoms with Crippen LogP contribution >= 0.6 is 0 Å². The molecule has 0 aliphatic heterocycles. The third-order valence-electron chi connectivity index (χ3n) is 4.22. The lowest BCUT2D eigenvalue weighted by Crippen LogP contribution is -2.32. The Balaban J connectivity index is 2.04. The molecular weight excluding hydrogens is 294 g/mol. The minimum atomic E-state index is -0.861. The number of carbonyl (C=O) groups is 2. The molecule has 1 heterocycles. The van der Waals surface area contributed by atoms with Gasteiger partial charge in [-0.25, -0.2) is 0 Å². The summed E-state index contributed by atoms with van der Waals surface area (Å²) in [5.41, 5.74) is 0.516. The van der Waals surface area contributed by atoms with Gasteiger partial charge in [-0.15, -0.1) is 0 Å². The number of hydrogen-bond acceptors (Lipinski definition) is 3. The van der Waals surface area contributed by atoms with Crippen LogP contribution in [0.4, 0.5) is 0 Å². The van der Waals surface area contributed by atoms with Gasteiger partial charge in [-0.05, 0) is 59.9 Å². The molecule has 1 aliphatic carbocycles. The van der Waals surface area contributed by atoms with E-state index in [1.165, 1.54) is 0 Å². The van der Waals surface area contributed by atoms with Gasteiger partial charge in [0.1, 0.15) is 5.69 Å². The van der Waals surface area contributed by atoms with Gasteiger partial charge in [0.2, 0.25) is 0 Å². The van der Waals surface area contributed by atoms with E-state index in [0.717, 1.165) is 18.5 Å². The summed E-state index contributed by atoms with van der Waals surface area (Å²) >= 11 is 0. The van der Waals surface area contributed by atoms with Crippen LogP contribution in [0.2, 0.25) is 0 Å². The molecule has 0 bridgehead atoms. The fraction of sp³-hybridized carbons (Fsp3) is 0.706. The highest BCUT2D eigenvalue weighted by atomic mass is 16.4. The molecule has 1 amide bonds. The second kappa shape index (κ2) is 5.98. The molecule has 1 aromatic heterocycles. The first kappa shape index (κ1) is 17.5. The van der Waals surface area contributed by atoms with Gasteiger partial charge in [0.05, 0.1) is 11.0 Å². The van der Waals surface area contributed by atoms with Crippen molar-refractivity contribution >= 4 is 11.9 Å². The van der Waals surface area contributed by atoms with Crippen LogP contribution in [0.15, 0.2) is 6.07 Å². The first-order valence-corrected chi connectivity index (χ1v) is 8.14. The molecule has 1 aliphatic rings. The van der Waals surface area contributed by atoms with Gasteiger partial charge in [0.15, 0.2) is 0 Å². The molecule has 6 heteroatoms. The lowest BCUT2D eigenvalue weighted by molar-refractivity contribution is -0.147. The standard InChI is InChI=1S/C17H27N3O3/c1-16(2,3)20-13(11-6-7-11)10-12(19-20)14(21)18-9-8-17(4,5)15(22)23/h10-11H,6-9H2,1-5H3,(H,18,21)(H,22,23). The number of amides is 1. The number of hydrogen-bond donors (Lipinski definition) is 2. The highest BCUT2D eigenvalue weighted by molar-refractivity contribution is 5.92.